The van der Waals surface area contributed by atoms with E-state index in [1.807, 2.05) is 25.1 Å². The lowest BCUT2D eigenvalue weighted by Crippen LogP contribution is -2.38. The molecule has 3 N–H and O–H groups in total. The second-order valence-electron chi connectivity index (χ2n) is 8.08. The second kappa shape index (κ2) is 13.6. The number of hydrogen-bond donors (Lipinski definition) is 2. The van der Waals surface area contributed by atoms with Gasteiger partial charge in [-0.1, -0.05) is 40.5 Å². The third-order valence-electron chi connectivity index (χ3n) is 5.55. The third kappa shape index (κ3) is 8.65. The lowest BCUT2D eigenvalue weighted by molar-refractivity contribution is 0.0975. The second-order valence-corrected chi connectivity index (χ2v) is 9.40. The highest BCUT2D eigenvalue weighted by molar-refractivity contribution is 9.10. The predicted octanol–water partition coefficient (Wildman–Crippen LogP) is 5.06. The van der Waals surface area contributed by atoms with E-state index >= 15 is 0 Å². The van der Waals surface area contributed by atoms with Crippen LogP contribution >= 0.6 is 27.5 Å². The van der Waals surface area contributed by atoms with Crippen molar-refractivity contribution in [2.45, 2.75) is 45.6 Å². The number of carbonyl (C=O) groups excluding carboxylic acids is 1. The molecule has 0 radical (unpaired) electrons. The zero-order chi connectivity index (χ0) is 24.4. The van der Waals surface area contributed by atoms with Crippen LogP contribution in [0.1, 0.15) is 48.2 Å². The average Bonchev–Trinajstić information content (AvgIpc) is 2.77. The molecule has 0 aromatic heterocycles. The molecular formula is C25H34BrClN4O2. The molecular weight excluding hydrogens is 504 g/mol. The van der Waals surface area contributed by atoms with Gasteiger partial charge in [0.1, 0.15) is 5.75 Å². The van der Waals surface area contributed by atoms with E-state index in [2.05, 4.69) is 45.1 Å². The van der Waals surface area contributed by atoms with Crippen molar-refractivity contribution in [2.24, 2.45) is 10.7 Å². The lowest BCUT2D eigenvalue weighted by atomic mass is 9.98. The van der Waals surface area contributed by atoms with E-state index < -0.39 is 0 Å². The van der Waals surface area contributed by atoms with Crippen LogP contribution in [0.2, 0.25) is 5.02 Å². The molecule has 0 heterocycles. The number of nitrogens with one attached hydrogen (secondary N) is 1. The lowest BCUT2D eigenvalue weighted by Gasteiger charge is -2.15. The summed E-state index contributed by atoms with van der Waals surface area (Å²) in [5.41, 5.74) is 8.32. The maximum Gasteiger partial charge on any atom is 0.258 e. The van der Waals surface area contributed by atoms with Crippen LogP contribution < -0.4 is 15.8 Å². The fourth-order valence-electron chi connectivity index (χ4n) is 3.56. The number of benzene rings is 2. The van der Waals surface area contributed by atoms with E-state index in [1.165, 1.54) is 0 Å². The first-order valence-corrected chi connectivity index (χ1v) is 12.3. The van der Waals surface area contributed by atoms with Crippen molar-refractivity contribution in [3.63, 3.8) is 0 Å². The number of halogens is 2. The molecule has 2 aromatic rings. The zero-order valence-corrected chi connectivity index (χ0v) is 22.2. The van der Waals surface area contributed by atoms with Crippen LogP contribution in [0.25, 0.3) is 0 Å². The van der Waals surface area contributed by atoms with E-state index in [0.29, 0.717) is 23.4 Å². The number of ether oxygens (including phenoxy) is 1. The molecule has 8 heteroatoms. The summed E-state index contributed by atoms with van der Waals surface area (Å²) >= 11 is 9.98. The zero-order valence-electron chi connectivity index (χ0n) is 19.8. The Morgan fingerprint density at radius 1 is 1.30 bits per heavy atom. The Bertz CT molecular complexity index is 967. The summed E-state index contributed by atoms with van der Waals surface area (Å²) in [6, 6.07) is 11.2. The minimum atomic E-state index is -0.312. The number of hydrogen-bond acceptors (Lipinski definition) is 4. The van der Waals surface area contributed by atoms with Gasteiger partial charge >= 0.3 is 0 Å². The summed E-state index contributed by atoms with van der Waals surface area (Å²) in [5.74, 6) is 0.607. The number of guanidine groups is 1. The van der Waals surface area contributed by atoms with Crippen molar-refractivity contribution < 1.29 is 9.53 Å². The van der Waals surface area contributed by atoms with Gasteiger partial charge in [-0.15, -0.1) is 0 Å². The fourth-order valence-corrected chi connectivity index (χ4v) is 4.24. The van der Waals surface area contributed by atoms with Crippen LogP contribution in [0.3, 0.4) is 0 Å². The van der Waals surface area contributed by atoms with Crippen LogP contribution in [0.4, 0.5) is 0 Å². The first-order chi connectivity index (χ1) is 15.7. The standard InChI is InChI=1S/C25H34BrClN4O2/c1-5-31(3)15-7-8-17(2)29-25(28)30-24(32)21-9-6-10-22(27)20(21)13-11-18-16-19(26)12-14-23(18)33-4/h6,9-10,12,14,16-17H,5,7-8,11,13,15H2,1-4H3,(H3,28,29,30,32). The molecule has 0 aliphatic carbocycles. The van der Waals surface area contributed by atoms with E-state index in [4.69, 9.17) is 22.1 Å². The predicted molar refractivity (Wildman–Crippen MR) is 141 cm³/mol. The fraction of sp³-hybridized carbons (Fsp3) is 0.440. The summed E-state index contributed by atoms with van der Waals surface area (Å²) in [7, 11) is 3.74. The number of nitrogens with zero attached hydrogens (tertiary/aromatic N) is 2. The van der Waals surface area contributed by atoms with Gasteiger partial charge in [-0.2, -0.15) is 0 Å². The van der Waals surface area contributed by atoms with Gasteiger partial charge in [-0.25, -0.2) is 0 Å². The molecule has 2 aromatic carbocycles. The first-order valence-electron chi connectivity index (χ1n) is 11.2. The van der Waals surface area contributed by atoms with Gasteiger partial charge in [0.25, 0.3) is 5.91 Å². The summed E-state index contributed by atoms with van der Waals surface area (Å²) in [6.45, 7) is 6.17. The molecule has 0 spiro atoms. The maximum absolute atomic E-state index is 13.0. The van der Waals surface area contributed by atoms with Crippen molar-refractivity contribution in [3.8, 4) is 5.75 Å². The van der Waals surface area contributed by atoms with Crippen molar-refractivity contribution in [1.82, 2.24) is 10.2 Å². The summed E-state index contributed by atoms with van der Waals surface area (Å²) in [5, 5.41) is 3.26. The molecule has 0 saturated heterocycles. The minimum absolute atomic E-state index is 0.0263. The maximum atomic E-state index is 13.0. The summed E-state index contributed by atoms with van der Waals surface area (Å²) < 4.78 is 6.43. The number of methoxy groups -OCH3 is 1. The first kappa shape index (κ1) is 27.2. The molecule has 0 fully saturated rings. The molecule has 1 unspecified atom stereocenters. The van der Waals surface area contributed by atoms with E-state index in [1.54, 1.807) is 25.3 Å². The van der Waals surface area contributed by atoms with Gasteiger partial charge in [0.15, 0.2) is 5.96 Å². The topological polar surface area (TPSA) is 80.0 Å². The number of nitrogens with two attached hydrogens (primary N) is 1. The van der Waals surface area contributed by atoms with Crippen LogP contribution in [-0.4, -0.2) is 50.1 Å². The number of aryl methyl sites for hydroxylation is 1. The van der Waals surface area contributed by atoms with Gasteiger partial charge < -0.3 is 15.4 Å². The molecule has 33 heavy (non-hydrogen) atoms. The monoisotopic (exact) mass is 536 g/mol. The van der Waals surface area contributed by atoms with E-state index in [0.717, 1.165) is 47.3 Å². The summed E-state index contributed by atoms with van der Waals surface area (Å²) in [4.78, 5) is 19.7. The van der Waals surface area contributed by atoms with Crippen LogP contribution in [-0.2, 0) is 12.8 Å². The number of rotatable bonds is 11. The van der Waals surface area contributed by atoms with E-state index in [9.17, 15) is 4.79 Å². The Morgan fingerprint density at radius 3 is 2.76 bits per heavy atom. The van der Waals surface area contributed by atoms with Gasteiger partial charge in [0.05, 0.1) is 13.2 Å². The quantitative estimate of drug-likeness (QED) is 0.310. The Balaban J connectivity index is 2.07. The van der Waals surface area contributed by atoms with Gasteiger partial charge in [-0.3, -0.25) is 15.1 Å². The molecule has 1 amide bonds. The summed E-state index contributed by atoms with van der Waals surface area (Å²) in [6.07, 6.45) is 3.17. The Labute approximate surface area is 210 Å². The number of amides is 1. The molecule has 0 aliphatic heterocycles. The van der Waals surface area contributed by atoms with Crippen molar-refractivity contribution in [1.29, 1.82) is 0 Å². The van der Waals surface area contributed by atoms with Gasteiger partial charge in [-0.05, 0) is 94.2 Å². The highest BCUT2D eigenvalue weighted by Gasteiger charge is 2.16. The molecule has 0 bridgehead atoms. The molecule has 0 aliphatic rings. The molecule has 180 valence electrons. The smallest absolute Gasteiger partial charge is 0.258 e. The molecule has 2 rings (SSSR count). The Kier molecular flexibility index (Phi) is 11.2. The van der Waals surface area contributed by atoms with Gasteiger partial charge in [0, 0.05) is 15.1 Å². The normalized spacial score (nSPS) is 12.6. The highest BCUT2D eigenvalue weighted by Crippen LogP contribution is 2.27. The van der Waals surface area contributed by atoms with Gasteiger partial charge in [0.2, 0.25) is 0 Å². The molecule has 0 saturated carbocycles. The molecule has 1 atom stereocenters. The van der Waals surface area contributed by atoms with Crippen LogP contribution in [0.5, 0.6) is 5.75 Å². The highest BCUT2D eigenvalue weighted by atomic mass is 79.9. The van der Waals surface area contributed by atoms with E-state index in [-0.39, 0.29) is 17.9 Å². The minimum Gasteiger partial charge on any atom is -0.496 e. The Morgan fingerprint density at radius 2 is 2.06 bits per heavy atom. The van der Waals surface area contributed by atoms with Crippen molar-refractivity contribution in [3.05, 3.63) is 62.6 Å². The number of carbonyl (C=O) groups is 1. The average molecular weight is 538 g/mol. The van der Waals surface area contributed by atoms with Crippen LogP contribution in [0, 0.1) is 0 Å². The third-order valence-corrected chi connectivity index (χ3v) is 6.40. The number of aliphatic imine (C=N–C) groups is 1. The van der Waals surface area contributed by atoms with Crippen molar-refractivity contribution >= 4 is 39.4 Å². The SMILES string of the molecule is CCN(C)CCCC(C)N=C(N)NC(=O)c1cccc(Cl)c1CCc1cc(Br)ccc1OC. The Hall–Kier alpha value is -2.09. The largest absolute Gasteiger partial charge is 0.496 e. The molecule has 6 nitrogen and oxygen atoms in total. The van der Waals surface area contributed by atoms with Crippen LogP contribution in [0.15, 0.2) is 45.9 Å². The van der Waals surface area contributed by atoms with Crippen molar-refractivity contribution in [2.75, 3.05) is 27.2 Å².